The van der Waals surface area contributed by atoms with E-state index >= 15 is 0 Å². The summed E-state index contributed by atoms with van der Waals surface area (Å²) in [7, 11) is 0. The van der Waals surface area contributed by atoms with Crippen LogP contribution < -0.4 is 0 Å². The van der Waals surface area contributed by atoms with Gasteiger partial charge < -0.3 is 0 Å². The summed E-state index contributed by atoms with van der Waals surface area (Å²) >= 11 is 3.81. The SMILES string of the molecule is c1ccc(SCCC(Sc2ccccc2)=C(c2ccccc2)c2ccccc2)cc1. The van der Waals surface area contributed by atoms with Crippen molar-refractivity contribution in [2.45, 2.75) is 16.2 Å². The van der Waals surface area contributed by atoms with Gasteiger partial charge in [-0.15, -0.1) is 11.8 Å². The van der Waals surface area contributed by atoms with E-state index in [9.17, 15) is 0 Å². The molecule has 30 heavy (non-hydrogen) atoms. The van der Waals surface area contributed by atoms with Crippen LogP contribution in [0.2, 0.25) is 0 Å². The van der Waals surface area contributed by atoms with E-state index in [1.807, 2.05) is 23.5 Å². The average Bonchev–Trinajstić information content (AvgIpc) is 2.82. The molecule has 0 N–H and O–H groups in total. The summed E-state index contributed by atoms with van der Waals surface area (Å²) in [6.07, 6.45) is 1.01. The maximum atomic E-state index is 2.22. The topological polar surface area (TPSA) is 0 Å². The predicted molar refractivity (Wildman–Crippen MR) is 133 cm³/mol. The summed E-state index contributed by atoms with van der Waals surface area (Å²) in [5.74, 6) is 1.04. The zero-order valence-corrected chi connectivity index (χ0v) is 18.4. The first kappa shape index (κ1) is 20.6. The van der Waals surface area contributed by atoms with Crippen molar-refractivity contribution >= 4 is 29.1 Å². The van der Waals surface area contributed by atoms with Crippen molar-refractivity contribution in [1.82, 2.24) is 0 Å². The van der Waals surface area contributed by atoms with Crippen molar-refractivity contribution in [2.24, 2.45) is 0 Å². The van der Waals surface area contributed by atoms with Gasteiger partial charge in [0.15, 0.2) is 0 Å². The first-order valence-corrected chi connectivity index (χ1v) is 11.9. The molecular formula is C28H24S2. The van der Waals surface area contributed by atoms with Gasteiger partial charge in [0.1, 0.15) is 0 Å². The monoisotopic (exact) mass is 424 g/mol. The molecule has 0 spiro atoms. The lowest BCUT2D eigenvalue weighted by Gasteiger charge is -2.17. The van der Waals surface area contributed by atoms with Gasteiger partial charge >= 0.3 is 0 Å². The lowest BCUT2D eigenvalue weighted by atomic mass is 9.97. The van der Waals surface area contributed by atoms with Crippen molar-refractivity contribution in [3.05, 3.63) is 137 Å². The second-order valence-corrected chi connectivity index (χ2v) is 9.19. The molecule has 0 aliphatic heterocycles. The van der Waals surface area contributed by atoms with Gasteiger partial charge in [0.25, 0.3) is 0 Å². The van der Waals surface area contributed by atoms with Gasteiger partial charge in [-0.3, -0.25) is 0 Å². The lowest BCUT2D eigenvalue weighted by Crippen LogP contribution is -1.95. The minimum absolute atomic E-state index is 1.01. The summed E-state index contributed by atoms with van der Waals surface area (Å²) in [5, 5.41) is 0. The quantitative estimate of drug-likeness (QED) is 0.260. The molecule has 148 valence electrons. The van der Waals surface area contributed by atoms with E-state index in [-0.39, 0.29) is 0 Å². The van der Waals surface area contributed by atoms with Crippen LogP contribution in [-0.2, 0) is 0 Å². The molecule has 0 bridgehead atoms. The van der Waals surface area contributed by atoms with E-state index in [4.69, 9.17) is 0 Å². The standard InChI is InChI=1S/C28H24S2/c1-5-13-23(14-6-1)28(24-15-7-2-8-16-24)27(30-26-19-11-4-12-20-26)21-22-29-25-17-9-3-10-18-25/h1-20H,21-22H2. The first-order chi connectivity index (χ1) is 14.9. The Balaban J connectivity index is 1.72. The van der Waals surface area contributed by atoms with Crippen molar-refractivity contribution in [2.75, 3.05) is 5.75 Å². The highest BCUT2D eigenvalue weighted by Crippen LogP contribution is 2.39. The van der Waals surface area contributed by atoms with Crippen molar-refractivity contribution in [3.8, 4) is 0 Å². The molecule has 4 aromatic carbocycles. The molecule has 0 aliphatic carbocycles. The van der Waals surface area contributed by atoms with Gasteiger partial charge in [0.05, 0.1) is 0 Å². The molecule has 0 radical (unpaired) electrons. The maximum absolute atomic E-state index is 2.22. The lowest BCUT2D eigenvalue weighted by molar-refractivity contribution is 1.21. The zero-order valence-electron chi connectivity index (χ0n) is 16.8. The van der Waals surface area contributed by atoms with Gasteiger partial charge in [0, 0.05) is 15.5 Å². The number of rotatable bonds is 8. The van der Waals surface area contributed by atoms with Gasteiger partial charge in [0.2, 0.25) is 0 Å². The summed E-state index contributed by atoms with van der Waals surface area (Å²) < 4.78 is 0. The third-order valence-electron chi connectivity index (χ3n) is 4.73. The summed E-state index contributed by atoms with van der Waals surface area (Å²) in [5.41, 5.74) is 3.87. The molecule has 0 amide bonds. The molecule has 0 saturated heterocycles. The predicted octanol–water partition coefficient (Wildman–Crippen LogP) is 8.42. The smallest absolute Gasteiger partial charge is 0.0119 e. The Bertz CT molecular complexity index is 1020. The van der Waals surface area contributed by atoms with Gasteiger partial charge in [-0.1, -0.05) is 109 Å². The van der Waals surface area contributed by atoms with E-state index in [2.05, 4.69) is 121 Å². The number of allylic oxidation sites excluding steroid dienone is 1. The normalized spacial score (nSPS) is 10.5. The van der Waals surface area contributed by atoms with Crippen LogP contribution in [0, 0.1) is 0 Å². The third-order valence-corrected chi connectivity index (χ3v) is 6.91. The summed E-state index contributed by atoms with van der Waals surface area (Å²) in [6.45, 7) is 0. The molecule has 2 heteroatoms. The maximum Gasteiger partial charge on any atom is 0.0119 e. The fraction of sp³-hybridized carbons (Fsp3) is 0.0714. The largest absolute Gasteiger partial charge is 0.126 e. The number of thioether (sulfide) groups is 2. The molecule has 0 fully saturated rings. The summed E-state index contributed by atoms with van der Waals surface area (Å²) in [4.78, 5) is 4.01. The van der Waals surface area contributed by atoms with Crippen LogP contribution in [0.15, 0.2) is 136 Å². The van der Waals surface area contributed by atoms with E-state index in [1.165, 1.54) is 31.4 Å². The number of hydrogen-bond acceptors (Lipinski definition) is 2. The minimum atomic E-state index is 1.01. The van der Waals surface area contributed by atoms with E-state index < -0.39 is 0 Å². The Hall–Kier alpha value is -2.68. The van der Waals surface area contributed by atoms with Crippen LogP contribution in [0.25, 0.3) is 5.57 Å². The zero-order chi connectivity index (χ0) is 20.4. The highest BCUT2D eigenvalue weighted by molar-refractivity contribution is 8.03. The average molecular weight is 425 g/mol. The molecule has 0 saturated carbocycles. The second kappa shape index (κ2) is 10.9. The van der Waals surface area contributed by atoms with Crippen LogP contribution in [-0.4, -0.2) is 5.75 Å². The Morgan fingerprint density at radius 2 is 0.933 bits per heavy atom. The minimum Gasteiger partial charge on any atom is -0.126 e. The van der Waals surface area contributed by atoms with Crippen molar-refractivity contribution in [3.63, 3.8) is 0 Å². The van der Waals surface area contributed by atoms with Crippen molar-refractivity contribution in [1.29, 1.82) is 0 Å². The third kappa shape index (κ3) is 5.69. The van der Waals surface area contributed by atoms with Crippen LogP contribution in [0.4, 0.5) is 0 Å². The van der Waals surface area contributed by atoms with Gasteiger partial charge in [-0.05, 0) is 52.3 Å². The molecular weight excluding hydrogens is 400 g/mol. The Kier molecular flexibility index (Phi) is 7.49. The molecule has 4 aromatic rings. The van der Waals surface area contributed by atoms with Gasteiger partial charge in [-0.25, -0.2) is 0 Å². The number of hydrogen-bond donors (Lipinski definition) is 0. The first-order valence-electron chi connectivity index (χ1n) is 10.1. The van der Waals surface area contributed by atoms with Crippen LogP contribution in [0.3, 0.4) is 0 Å². The van der Waals surface area contributed by atoms with Crippen LogP contribution in [0.5, 0.6) is 0 Å². The molecule has 0 atom stereocenters. The van der Waals surface area contributed by atoms with Crippen molar-refractivity contribution < 1.29 is 0 Å². The second-order valence-electron chi connectivity index (χ2n) is 6.86. The van der Waals surface area contributed by atoms with E-state index in [0.29, 0.717) is 0 Å². The van der Waals surface area contributed by atoms with E-state index in [1.54, 1.807) is 0 Å². The highest BCUT2D eigenvalue weighted by atomic mass is 32.2. The highest BCUT2D eigenvalue weighted by Gasteiger charge is 2.14. The molecule has 4 rings (SSSR count). The molecule has 0 nitrogen and oxygen atoms in total. The number of benzene rings is 4. The van der Waals surface area contributed by atoms with E-state index in [0.717, 1.165) is 12.2 Å². The van der Waals surface area contributed by atoms with Crippen LogP contribution >= 0.6 is 23.5 Å². The molecule has 0 aromatic heterocycles. The molecule has 0 aliphatic rings. The fourth-order valence-electron chi connectivity index (χ4n) is 3.33. The summed E-state index contributed by atoms with van der Waals surface area (Å²) in [6, 6.07) is 42.9. The molecule has 0 heterocycles. The van der Waals surface area contributed by atoms with Gasteiger partial charge in [-0.2, -0.15) is 0 Å². The molecule has 0 unspecified atom stereocenters. The van der Waals surface area contributed by atoms with Crippen LogP contribution in [0.1, 0.15) is 17.5 Å². The fourth-order valence-corrected chi connectivity index (χ4v) is 5.47. The Morgan fingerprint density at radius 3 is 1.43 bits per heavy atom. The Labute approximate surface area is 188 Å². The Morgan fingerprint density at radius 1 is 0.500 bits per heavy atom.